The van der Waals surface area contributed by atoms with Crippen molar-refractivity contribution >= 4 is 0 Å². The third-order valence-corrected chi connectivity index (χ3v) is 2.32. The van der Waals surface area contributed by atoms with Crippen molar-refractivity contribution in [3.63, 3.8) is 0 Å². The second-order valence-electron chi connectivity index (χ2n) is 3.60. The van der Waals surface area contributed by atoms with Crippen LogP contribution in [0.5, 0.6) is 11.8 Å². The predicted molar refractivity (Wildman–Crippen MR) is 62.9 cm³/mol. The maximum Gasteiger partial charge on any atom is 0.257 e. The van der Waals surface area contributed by atoms with Gasteiger partial charge in [-0.3, -0.25) is 0 Å². The monoisotopic (exact) mass is 250 g/mol. The second-order valence-corrected chi connectivity index (χ2v) is 3.60. The predicted octanol–water partition coefficient (Wildman–Crippen LogP) is 0.480. The Hall–Kier alpha value is -2.15. The molecule has 18 heavy (non-hydrogen) atoms. The van der Waals surface area contributed by atoms with E-state index in [2.05, 4.69) is 15.1 Å². The number of hydrogen-bond donors (Lipinski definition) is 1. The van der Waals surface area contributed by atoms with Gasteiger partial charge in [0.2, 0.25) is 11.8 Å². The highest BCUT2D eigenvalue weighted by atomic mass is 16.5. The molecule has 0 unspecified atom stereocenters. The number of rotatable bonds is 4. The SMILES string of the molecule is COc1cc(C)nc(-n2nc(CO)cc2OC)n1. The third-order valence-electron chi connectivity index (χ3n) is 2.32. The highest BCUT2D eigenvalue weighted by molar-refractivity contribution is 5.28. The molecule has 0 saturated carbocycles. The molecule has 7 heteroatoms. The summed E-state index contributed by atoms with van der Waals surface area (Å²) in [7, 11) is 3.05. The smallest absolute Gasteiger partial charge is 0.257 e. The molecule has 0 fully saturated rings. The van der Waals surface area contributed by atoms with Gasteiger partial charge in [-0.15, -0.1) is 0 Å². The molecule has 0 aliphatic rings. The van der Waals surface area contributed by atoms with Crippen LogP contribution in [0.4, 0.5) is 0 Å². The molecule has 0 atom stereocenters. The summed E-state index contributed by atoms with van der Waals surface area (Å²) >= 11 is 0. The number of nitrogens with zero attached hydrogens (tertiary/aromatic N) is 4. The summed E-state index contributed by atoms with van der Waals surface area (Å²) in [6.45, 7) is 1.66. The van der Waals surface area contributed by atoms with E-state index in [4.69, 9.17) is 14.6 Å². The number of hydrogen-bond acceptors (Lipinski definition) is 6. The van der Waals surface area contributed by atoms with Crippen molar-refractivity contribution in [3.05, 3.63) is 23.5 Å². The van der Waals surface area contributed by atoms with Crippen molar-refractivity contribution in [1.29, 1.82) is 0 Å². The van der Waals surface area contributed by atoms with E-state index < -0.39 is 0 Å². The van der Waals surface area contributed by atoms with Crippen molar-refractivity contribution in [2.45, 2.75) is 13.5 Å². The maximum atomic E-state index is 9.08. The topological polar surface area (TPSA) is 82.3 Å². The minimum absolute atomic E-state index is 0.174. The van der Waals surface area contributed by atoms with E-state index in [-0.39, 0.29) is 6.61 Å². The molecule has 0 radical (unpaired) electrons. The highest BCUT2D eigenvalue weighted by Crippen LogP contribution is 2.19. The molecule has 96 valence electrons. The van der Waals surface area contributed by atoms with Crippen LogP contribution in [0, 0.1) is 6.92 Å². The van der Waals surface area contributed by atoms with Crippen molar-refractivity contribution in [2.75, 3.05) is 14.2 Å². The van der Waals surface area contributed by atoms with E-state index in [1.807, 2.05) is 6.92 Å². The lowest BCUT2D eigenvalue weighted by atomic mass is 10.4. The first-order valence-electron chi connectivity index (χ1n) is 5.31. The number of aromatic nitrogens is 4. The quantitative estimate of drug-likeness (QED) is 0.849. The van der Waals surface area contributed by atoms with Crippen molar-refractivity contribution in [1.82, 2.24) is 19.7 Å². The summed E-state index contributed by atoms with van der Waals surface area (Å²) in [6, 6.07) is 3.34. The number of ether oxygens (including phenoxy) is 2. The van der Waals surface area contributed by atoms with Gasteiger partial charge in [0.05, 0.1) is 26.5 Å². The zero-order valence-electron chi connectivity index (χ0n) is 10.4. The molecule has 2 rings (SSSR count). The molecule has 7 nitrogen and oxygen atoms in total. The lowest BCUT2D eigenvalue weighted by molar-refractivity contribution is 0.276. The third kappa shape index (κ3) is 2.25. The van der Waals surface area contributed by atoms with Crippen LogP contribution in [0.25, 0.3) is 5.95 Å². The Morgan fingerprint density at radius 2 is 2.00 bits per heavy atom. The zero-order chi connectivity index (χ0) is 13.1. The molecule has 2 aromatic heterocycles. The van der Waals surface area contributed by atoms with Gasteiger partial charge < -0.3 is 14.6 Å². The lowest BCUT2D eigenvalue weighted by Crippen LogP contribution is -2.07. The summed E-state index contributed by atoms with van der Waals surface area (Å²) in [5.74, 6) is 1.23. The van der Waals surface area contributed by atoms with Crippen LogP contribution in [0.1, 0.15) is 11.4 Å². The van der Waals surface area contributed by atoms with Crippen LogP contribution in [0.3, 0.4) is 0 Å². The Labute approximate surface area is 104 Å². The highest BCUT2D eigenvalue weighted by Gasteiger charge is 2.13. The number of aliphatic hydroxyl groups is 1. The minimum Gasteiger partial charge on any atom is -0.481 e. The van der Waals surface area contributed by atoms with E-state index in [9.17, 15) is 0 Å². The Morgan fingerprint density at radius 1 is 1.22 bits per heavy atom. The van der Waals surface area contributed by atoms with Crippen LogP contribution in [0.2, 0.25) is 0 Å². The van der Waals surface area contributed by atoms with Crippen LogP contribution in [0.15, 0.2) is 12.1 Å². The average molecular weight is 250 g/mol. The molecular formula is C11H14N4O3. The number of methoxy groups -OCH3 is 2. The van der Waals surface area contributed by atoms with E-state index in [1.54, 1.807) is 12.1 Å². The first kappa shape index (κ1) is 12.3. The van der Waals surface area contributed by atoms with Gasteiger partial charge in [-0.25, -0.2) is 4.98 Å². The van der Waals surface area contributed by atoms with Gasteiger partial charge in [-0.1, -0.05) is 0 Å². The van der Waals surface area contributed by atoms with Gasteiger partial charge in [0.1, 0.15) is 0 Å². The zero-order valence-corrected chi connectivity index (χ0v) is 10.4. The Bertz CT molecular complexity index is 553. The fourth-order valence-electron chi connectivity index (χ4n) is 1.50. The first-order valence-corrected chi connectivity index (χ1v) is 5.31. The van der Waals surface area contributed by atoms with Crippen LogP contribution >= 0.6 is 0 Å². The minimum atomic E-state index is -0.174. The van der Waals surface area contributed by atoms with E-state index in [0.717, 1.165) is 5.69 Å². The summed E-state index contributed by atoms with van der Waals surface area (Å²) < 4.78 is 11.7. The van der Waals surface area contributed by atoms with Crippen molar-refractivity contribution < 1.29 is 14.6 Å². The van der Waals surface area contributed by atoms with Gasteiger partial charge in [0, 0.05) is 17.8 Å². The number of aryl methyl sites for hydroxylation is 1. The lowest BCUT2D eigenvalue weighted by Gasteiger charge is -2.06. The van der Waals surface area contributed by atoms with E-state index >= 15 is 0 Å². The summed E-state index contributed by atoms with van der Waals surface area (Å²) in [5.41, 5.74) is 1.23. The molecule has 0 aromatic carbocycles. The molecular weight excluding hydrogens is 236 g/mol. The molecule has 0 spiro atoms. The Kier molecular flexibility index (Phi) is 3.42. The van der Waals surface area contributed by atoms with Crippen LogP contribution in [-0.2, 0) is 6.61 Å². The van der Waals surface area contributed by atoms with E-state index in [0.29, 0.717) is 23.4 Å². The molecule has 0 saturated heterocycles. The van der Waals surface area contributed by atoms with Gasteiger partial charge in [0.25, 0.3) is 5.95 Å². The maximum absolute atomic E-state index is 9.08. The largest absolute Gasteiger partial charge is 0.481 e. The standard InChI is InChI=1S/C11H14N4O3/c1-7-4-9(17-2)13-11(12-7)15-10(18-3)5-8(6-16)14-15/h4-5,16H,6H2,1-3H3. The summed E-state index contributed by atoms with van der Waals surface area (Å²) in [4.78, 5) is 8.44. The summed E-state index contributed by atoms with van der Waals surface area (Å²) in [6.07, 6.45) is 0. The second kappa shape index (κ2) is 5.01. The van der Waals surface area contributed by atoms with Gasteiger partial charge in [-0.05, 0) is 6.92 Å². The van der Waals surface area contributed by atoms with E-state index in [1.165, 1.54) is 18.9 Å². The van der Waals surface area contributed by atoms with Gasteiger partial charge in [0.15, 0.2) is 0 Å². The van der Waals surface area contributed by atoms with Crippen molar-refractivity contribution in [2.24, 2.45) is 0 Å². The Balaban J connectivity index is 2.53. The van der Waals surface area contributed by atoms with Crippen LogP contribution in [-0.4, -0.2) is 39.1 Å². The fourth-order valence-corrected chi connectivity index (χ4v) is 1.50. The molecule has 2 heterocycles. The molecule has 0 amide bonds. The normalized spacial score (nSPS) is 10.4. The Morgan fingerprint density at radius 3 is 2.61 bits per heavy atom. The first-order chi connectivity index (χ1) is 8.67. The molecule has 1 N–H and O–H groups in total. The molecule has 2 aromatic rings. The molecule has 0 bridgehead atoms. The van der Waals surface area contributed by atoms with Crippen molar-refractivity contribution in [3.8, 4) is 17.7 Å². The average Bonchev–Trinajstić information content (AvgIpc) is 2.81. The number of aliphatic hydroxyl groups excluding tert-OH is 1. The van der Waals surface area contributed by atoms with Gasteiger partial charge in [-0.2, -0.15) is 14.8 Å². The van der Waals surface area contributed by atoms with Crippen LogP contribution < -0.4 is 9.47 Å². The molecule has 0 aliphatic heterocycles. The van der Waals surface area contributed by atoms with Gasteiger partial charge >= 0.3 is 0 Å². The summed E-state index contributed by atoms with van der Waals surface area (Å²) in [5, 5.41) is 13.2. The fraction of sp³-hybridized carbons (Fsp3) is 0.364. The molecule has 0 aliphatic carbocycles.